The third-order valence-corrected chi connectivity index (χ3v) is 3.87. The molecule has 0 spiro atoms. The molecule has 0 bridgehead atoms. The number of anilines is 1. The van der Waals surface area contributed by atoms with Crippen LogP contribution in [0.2, 0.25) is 5.02 Å². The number of carbonyl (C=O) groups excluding carboxylic acids is 3. The van der Waals surface area contributed by atoms with Crippen molar-refractivity contribution in [1.29, 1.82) is 0 Å². The van der Waals surface area contributed by atoms with Crippen LogP contribution in [0.1, 0.15) is 10.4 Å². The summed E-state index contributed by atoms with van der Waals surface area (Å²) < 4.78 is 20.6. The SMILES string of the molecule is COc1cc(C(=O)OCC(=O)Nc2ccccc2Cl)cc(OC)c1OCC(N)=O. The molecule has 0 heterocycles. The van der Waals surface area contributed by atoms with Crippen molar-refractivity contribution in [3.63, 3.8) is 0 Å². The van der Waals surface area contributed by atoms with E-state index in [0.717, 1.165) is 0 Å². The molecule has 0 saturated carbocycles. The summed E-state index contributed by atoms with van der Waals surface area (Å²) in [6, 6.07) is 9.30. The smallest absolute Gasteiger partial charge is 0.338 e. The molecule has 2 amide bonds. The predicted molar refractivity (Wildman–Crippen MR) is 105 cm³/mol. The van der Waals surface area contributed by atoms with Crippen molar-refractivity contribution >= 4 is 35.1 Å². The van der Waals surface area contributed by atoms with Crippen molar-refractivity contribution in [3.8, 4) is 17.2 Å². The zero-order valence-corrected chi connectivity index (χ0v) is 16.4. The van der Waals surface area contributed by atoms with Gasteiger partial charge in [-0.3, -0.25) is 9.59 Å². The van der Waals surface area contributed by atoms with Crippen molar-refractivity contribution in [2.75, 3.05) is 32.8 Å². The maximum atomic E-state index is 12.3. The van der Waals surface area contributed by atoms with Crippen LogP contribution in [0.3, 0.4) is 0 Å². The minimum atomic E-state index is -0.794. The fraction of sp³-hybridized carbons (Fsp3) is 0.211. The number of carbonyl (C=O) groups is 3. The van der Waals surface area contributed by atoms with Gasteiger partial charge < -0.3 is 30.0 Å². The van der Waals surface area contributed by atoms with E-state index in [1.165, 1.54) is 26.4 Å². The summed E-state index contributed by atoms with van der Waals surface area (Å²) in [5, 5.41) is 2.89. The zero-order valence-electron chi connectivity index (χ0n) is 15.7. The van der Waals surface area contributed by atoms with Gasteiger partial charge in [0.15, 0.2) is 24.7 Å². The Morgan fingerprint density at radius 2 is 1.66 bits per heavy atom. The lowest BCUT2D eigenvalue weighted by Gasteiger charge is -2.15. The van der Waals surface area contributed by atoms with Gasteiger partial charge in [0.05, 0.1) is 30.5 Å². The van der Waals surface area contributed by atoms with Gasteiger partial charge in [0.1, 0.15) is 0 Å². The van der Waals surface area contributed by atoms with E-state index >= 15 is 0 Å². The van der Waals surface area contributed by atoms with Crippen molar-refractivity contribution in [3.05, 3.63) is 47.0 Å². The second-order valence-corrected chi connectivity index (χ2v) is 5.98. The molecule has 9 nitrogen and oxygen atoms in total. The number of benzene rings is 2. The van der Waals surface area contributed by atoms with Gasteiger partial charge in [0.2, 0.25) is 5.75 Å². The van der Waals surface area contributed by atoms with Crippen LogP contribution in [0, 0.1) is 0 Å². The van der Waals surface area contributed by atoms with Crippen LogP contribution in [0.15, 0.2) is 36.4 Å². The van der Waals surface area contributed by atoms with E-state index in [2.05, 4.69) is 5.32 Å². The third-order valence-electron chi connectivity index (χ3n) is 3.54. The fourth-order valence-corrected chi connectivity index (χ4v) is 2.43. The predicted octanol–water partition coefficient (Wildman–Crippen LogP) is 2.02. The average molecular weight is 423 g/mol. The number of ether oxygens (including phenoxy) is 4. The van der Waals surface area contributed by atoms with Crippen LogP contribution in [0.4, 0.5) is 5.69 Å². The van der Waals surface area contributed by atoms with E-state index in [-0.39, 0.29) is 22.8 Å². The number of nitrogens with one attached hydrogen (secondary N) is 1. The van der Waals surface area contributed by atoms with Gasteiger partial charge >= 0.3 is 5.97 Å². The molecule has 0 atom stereocenters. The number of amides is 2. The number of rotatable bonds is 9. The molecule has 2 rings (SSSR count). The molecule has 0 aromatic heterocycles. The minimum Gasteiger partial charge on any atom is -0.493 e. The van der Waals surface area contributed by atoms with E-state index in [4.69, 9.17) is 36.3 Å². The number of hydrogen-bond acceptors (Lipinski definition) is 7. The number of primary amides is 1. The Morgan fingerprint density at radius 1 is 1.03 bits per heavy atom. The molecule has 0 aliphatic heterocycles. The Labute approximate surface area is 171 Å². The van der Waals surface area contributed by atoms with Crippen molar-refractivity contribution in [1.82, 2.24) is 0 Å². The van der Waals surface area contributed by atoms with Gasteiger partial charge in [-0.2, -0.15) is 0 Å². The maximum absolute atomic E-state index is 12.3. The Kier molecular flexibility index (Phi) is 7.67. The number of para-hydroxylation sites is 1. The van der Waals surface area contributed by atoms with Crippen LogP contribution in [0.5, 0.6) is 17.2 Å². The van der Waals surface area contributed by atoms with Crippen LogP contribution >= 0.6 is 11.6 Å². The lowest BCUT2D eigenvalue weighted by Crippen LogP contribution is -2.21. The van der Waals surface area contributed by atoms with E-state index in [1.54, 1.807) is 24.3 Å². The molecular formula is C19H19ClN2O7. The van der Waals surface area contributed by atoms with Gasteiger partial charge in [-0.05, 0) is 24.3 Å². The summed E-state index contributed by atoms with van der Waals surface area (Å²) >= 11 is 5.96. The molecule has 0 aliphatic rings. The average Bonchev–Trinajstić information content (AvgIpc) is 2.71. The summed E-state index contributed by atoms with van der Waals surface area (Å²) in [4.78, 5) is 35.3. The molecule has 10 heteroatoms. The highest BCUT2D eigenvalue weighted by Gasteiger charge is 2.20. The van der Waals surface area contributed by atoms with Crippen LogP contribution in [0.25, 0.3) is 0 Å². The van der Waals surface area contributed by atoms with Crippen molar-refractivity contribution in [2.45, 2.75) is 0 Å². The monoisotopic (exact) mass is 422 g/mol. The largest absolute Gasteiger partial charge is 0.493 e. The minimum absolute atomic E-state index is 0.0515. The summed E-state index contributed by atoms with van der Waals surface area (Å²) in [5.41, 5.74) is 5.52. The molecule has 2 aromatic rings. The fourth-order valence-electron chi connectivity index (χ4n) is 2.25. The first-order valence-electron chi connectivity index (χ1n) is 8.24. The van der Waals surface area contributed by atoms with E-state index in [1.807, 2.05) is 0 Å². The topological polar surface area (TPSA) is 126 Å². The van der Waals surface area contributed by atoms with E-state index in [9.17, 15) is 14.4 Å². The van der Waals surface area contributed by atoms with Gasteiger partial charge in [-0.25, -0.2) is 4.79 Å². The molecule has 0 saturated heterocycles. The first-order chi connectivity index (χ1) is 13.8. The quantitative estimate of drug-likeness (QED) is 0.592. The van der Waals surface area contributed by atoms with E-state index in [0.29, 0.717) is 10.7 Å². The van der Waals surface area contributed by atoms with Gasteiger partial charge in [-0.1, -0.05) is 23.7 Å². The van der Waals surface area contributed by atoms with E-state index < -0.39 is 31.0 Å². The molecule has 29 heavy (non-hydrogen) atoms. The normalized spacial score (nSPS) is 10.0. The van der Waals surface area contributed by atoms with Crippen LogP contribution < -0.4 is 25.3 Å². The highest BCUT2D eigenvalue weighted by Crippen LogP contribution is 2.38. The summed E-state index contributed by atoms with van der Waals surface area (Å²) in [7, 11) is 2.69. The second-order valence-electron chi connectivity index (χ2n) is 5.57. The number of nitrogens with two attached hydrogens (primary N) is 1. The molecule has 0 aliphatic carbocycles. The Morgan fingerprint density at radius 3 is 2.21 bits per heavy atom. The summed E-state index contributed by atoms with van der Waals surface area (Å²) in [6.45, 7) is -0.937. The summed E-state index contributed by atoms with van der Waals surface area (Å²) in [6.07, 6.45) is 0. The van der Waals surface area contributed by atoms with Gasteiger partial charge in [0, 0.05) is 0 Å². The lowest BCUT2D eigenvalue weighted by molar-refractivity contribution is -0.120. The Hall–Kier alpha value is -3.46. The second kappa shape index (κ2) is 10.2. The molecule has 0 radical (unpaired) electrons. The van der Waals surface area contributed by atoms with Crippen LogP contribution in [-0.2, 0) is 14.3 Å². The highest BCUT2D eigenvalue weighted by atomic mass is 35.5. The highest BCUT2D eigenvalue weighted by molar-refractivity contribution is 6.33. The zero-order chi connectivity index (χ0) is 21.4. The lowest BCUT2D eigenvalue weighted by atomic mass is 10.2. The summed E-state index contributed by atoms with van der Waals surface area (Å²) in [5.74, 6) is -1.70. The van der Waals surface area contributed by atoms with Gasteiger partial charge in [0.25, 0.3) is 11.8 Å². The van der Waals surface area contributed by atoms with Crippen LogP contribution in [-0.4, -0.2) is 45.2 Å². The molecular weight excluding hydrogens is 404 g/mol. The molecule has 154 valence electrons. The maximum Gasteiger partial charge on any atom is 0.338 e. The van der Waals surface area contributed by atoms with Crippen molar-refractivity contribution < 1.29 is 33.3 Å². The van der Waals surface area contributed by atoms with Gasteiger partial charge in [-0.15, -0.1) is 0 Å². The first kappa shape index (κ1) is 21.8. The van der Waals surface area contributed by atoms with Crippen molar-refractivity contribution in [2.24, 2.45) is 5.73 Å². The standard InChI is InChI=1S/C19H19ClN2O7/c1-26-14-7-11(8-15(27-2)18(14)28-9-16(21)23)19(25)29-10-17(24)22-13-6-4-3-5-12(13)20/h3-8H,9-10H2,1-2H3,(H2,21,23)(H,22,24). The molecule has 0 fully saturated rings. The molecule has 3 N–H and O–H groups in total. The first-order valence-corrected chi connectivity index (χ1v) is 8.62. The number of methoxy groups -OCH3 is 2. The third kappa shape index (κ3) is 6.01. The molecule has 2 aromatic carbocycles. The molecule has 0 unspecified atom stereocenters. The number of esters is 1. The number of halogens is 1. The Balaban J connectivity index is 2.08. The number of hydrogen-bond donors (Lipinski definition) is 2. The Bertz CT molecular complexity index is 892.